The molecule has 0 spiro atoms. The molecule has 5 nitrogen and oxygen atoms in total. The van der Waals surface area contributed by atoms with Crippen LogP contribution in [0.4, 0.5) is 0 Å². The number of rotatable bonds is 3. The molecule has 5 heteroatoms. The van der Waals surface area contributed by atoms with Crippen LogP contribution in [0.1, 0.15) is 25.7 Å². The molecule has 0 bridgehead atoms. The SMILES string of the molecule is CC1(O)CCN(Cc2nnc(-c3ccccc3)o2)CC1. The first-order valence-corrected chi connectivity index (χ1v) is 6.95. The molecule has 0 unspecified atom stereocenters. The lowest BCUT2D eigenvalue weighted by Gasteiger charge is -2.34. The molecular formula is C15H19N3O2. The molecule has 0 atom stereocenters. The van der Waals surface area contributed by atoms with Crippen LogP contribution >= 0.6 is 0 Å². The summed E-state index contributed by atoms with van der Waals surface area (Å²) in [7, 11) is 0. The van der Waals surface area contributed by atoms with E-state index in [2.05, 4.69) is 15.1 Å². The topological polar surface area (TPSA) is 62.4 Å². The van der Waals surface area contributed by atoms with Crippen molar-refractivity contribution in [1.82, 2.24) is 15.1 Å². The Bertz CT molecular complexity index is 556. The van der Waals surface area contributed by atoms with Crippen molar-refractivity contribution in [3.05, 3.63) is 36.2 Å². The van der Waals surface area contributed by atoms with E-state index in [1.54, 1.807) is 0 Å². The number of benzene rings is 1. The number of nitrogens with zero attached hydrogens (tertiary/aromatic N) is 3. The second-order valence-corrected chi connectivity index (χ2v) is 5.64. The summed E-state index contributed by atoms with van der Waals surface area (Å²) in [6.07, 6.45) is 1.57. The van der Waals surface area contributed by atoms with Crippen LogP contribution in [0.25, 0.3) is 11.5 Å². The monoisotopic (exact) mass is 273 g/mol. The van der Waals surface area contributed by atoms with Gasteiger partial charge in [0, 0.05) is 18.7 Å². The maximum absolute atomic E-state index is 9.93. The summed E-state index contributed by atoms with van der Waals surface area (Å²) in [4.78, 5) is 2.24. The van der Waals surface area contributed by atoms with E-state index in [0.717, 1.165) is 31.5 Å². The van der Waals surface area contributed by atoms with Crippen molar-refractivity contribution in [2.24, 2.45) is 0 Å². The zero-order chi connectivity index (χ0) is 14.0. The highest BCUT2D eigenvalue weighted by molar-refractivity contribution is 5.51. The van der Waals surface area contributed by atoms with Gasteiger partial charge in [-0.25, -0.2) is 0 Å². The number of aromatic nitrogens is 2. The Hall–Kier alpha value is -1.72. The Balaban J connectivity index is 1.64. The van der Waals surface area contributed by atoms with E-state index in [4.69, 9.17) is 4.42 Å². The largest absolute Gasteiger partial charge is 0.419 e. The fraction of sp³-hybridized carbons (Fsp3) is 0.467. The molecule has 1 aromatic carbocycles. The lowest BCUT2D eigenvalue weighted by atomic mass is 9.94. The Morgan fingerprint density at radius 3 is 2.60 bits per heavy atom. The van der Waals surface area contributed by atoms with Gasteiger partial charge in [-0.1, -0.05) is 18.2 Å². The average Bonchev–Trinajstić information content (AvgIpc) is 2.91. The van der Waals surface area contributed by atoms with Crippen molar-refractivity contribution >= 4 is 0 Å². The van der Waals surface area contributed by atoms with Crippen molar-refractivity contribution < 1.29 is 9.52 Å². The normalized spacial score (nSPS) is 19.1. The van der Waals surface area contributed by atoms with E-state index in [9.17, 15) is 5.11 Å². The van der Waals surface area contributed by atoms with Gasteiger partial charge in [-0.15, -0.1) is 10.2 Å². The third-order valence-electron chi connectivity index (χ3n) is 3.78. The van der Waals surface area contributed by atoms with Gasteiger partial charge in [-0.05, 0) is 31.9 Å². The fourth-order valence-electron chi connectivity index (χ4n) is 2.40. The van der Waals surface area contributed by atoms with Crippen molar-refractivity contribution in [2.75, 3.05) is 13.1 Å². The summed E-state index contributed by atoms with van der Waals surface area (Å²) in [5, 5.41) is 18.1. The molecule has 1 aromatic heterocycles. The molecular weight excluding hydrogens is 254 g/mol. The van der Waals surface area contributed by atoms with Crippen molar-refractivity contribution in [1.29, 1.82) is 0 Å². The van der Waals surface area contributed by atoms with Crippen LogP contribution in [-0.4, -0.2) is 38.9 Å². The van der Waals surface area contributed by atoms with Gasteiger partial charge in [0.1, 0.15) is 0 Å². The first kappa shape index (κ1) is 13.3. The smallest absolute Gasteiger partial charge is 0.247 e. The zero-order valence-electron chi connectivity index (χ0n) is 11.6. The van der Waals surface area contributed by atoms with Crippen LogP contribution in [0.15, 0.2) is 34.7 Å². The molecule has 2 heterocycles. The van der Waals surface area contributed by atoms with Crippen LogP contribution < -0.4 is 0 Å². The molecule has 1 aliphatic rings. The fourth-order valence-corrected chi connectivity index (χ4v) is 2.40. The van der Waals surface area contributed by atoms with E-state index in [0.29, 0.717) is 18.3 Å². The molecule has 1 saturated heterocycles. The molecule has 1 N–H and O–H groups in total. The maximum Gasteiger partial charge on any atom is 0.247 e. The summed E-state index contributed by atoms with van der Waals surface area (Å²) < 4.78 is 5.70. The van der Waals surface area contributed by atoms with Crippen molar-refractivity contribution in [2.45, 2.75) is 31.9 Å². The Labute approximate surface area is 118 Å². The number of hydrogen-bond donors (Lipinski definition) is 1. The molecule has 0 saturated carbocycles. The second-order valence-electron chi connectivity index (χ2n) is 5.64. The highest BCUT2D eigenvalue weighted by Gasteiger charge is 2.27. The summed E-state index contributed by atoms with van der Waals surface area (Å²) in [6, 6.07) is 9.77. The molecule has 2 aromatic rings. The summed E-state index contributed by atoms with van der Waals surface area (Å²) >= 11 is 0. The van der Waals surface area contributed by atoms with Crippen molar-refractivity contribution in [3.63, 3.8) is 0 Å². The molecule has 1 aliphatic heterocycles. The van der Waals surface area contributed by atoms with Crippen molar-refractivity contribution in [3.8, 4) is 11.5 Å². The molecule has 0 amide bonds. The van der Waals surface area contributed by atoms with E-state index < -0.39 is 5.60 Å². The third kappa shape index (κ3) is 3.05. The first-order chi connectivity index (χ1) is 9.62. The van der Waals surface area contributed by atoms with Gasteiger partial charge < -0.3 is 9.52 Å². The molecule has 106 valence electrons. The minimum absolute atomic E-state index is 0.527. The second kappa shape index (κ2) is 5.34. The quantitative estimate of drug-likeness (QED) is 0.927. The van der Waals surface area contributed by atoms with Gasteiger partial charge in [0.15, 0.2) is 0 Å². The molecule has 0 radical (unpaired) electrons. The van der Waals surface area contributed by atoms with Gasteiger partial charge in [0.2, 0.25) is 11.8 Å². The minimum atomic E-state index is -0.527. The number of piperidine rings is 1. The first-order valence-electron chi connectivity index (χ1n) is 6.95. The minimum Gasteiger partial charge on any atom is -0.419 e. The maximum atomic E-state index is 9.93. The van der Waals surface area contributed by atoms with Crippen LogP contribution in [0.2, 0.25) is 0 Å². The lowest BCUT2D eigenvalue weighted by Crippen LogP contribution is -2.42. The molecule has 20 heavy (non-hydrogen) atoms. The summed E-state index contributed by atoms with van der Waals surface area (Å²) in [5.41, 5.74) is 0.411. The van der Waals surface area contributed by atoms with Gasteiger partial charge in [0.05, 0.1) is 12.1 Å². The predicted molar refractivity (Wildman–Crippen MR) is 74.9 cm³/mol. The molecule has 3 rings (SSSR count). The highest BCUT2D eigenvalue weighted by atomic mass is 16.4. The van der Waals surface area contributed by atoms with E-state index in [1.807, 2.05) is 37.3 Å². The average molecular weight is 273 g/mol. The number of aliphatic hydroxyl groups is 1. The van der Waals surface area contributed by atoms with Gasteiger partial charge in [0.25, 0.3) is 0 Å². The van der Waals surface area contributed by atoms with E-state index in [1.165, 1.54) is 0 Å². The Morgan fingerprint density at radius 1 is 1.20 bits per heavy atom. The van der Waals surface area contributed by atoms with Crippen LogP contribution in [0.5, 0.6) is 0 Å². The Kier molecular flexibility index (Phi) is 3.54. The Morgan fingerprint density at radius 2 is 1.90 bits per heavy atom. The van der Waals surface area contributed by atoms with E-state index >= 15 is 0 Å². The standard InChI is InChI=1S/C15H19N3O2/c1-15(19)7-9-18(10-8-15)11-13-16-17-14(20-13)12-5-3-2-4-6-12/h2-6,19H,7-11H2,1H3. The highest BCUT2D eigenvalue weighted by Crippen LogP contribution is 2.23. The van der Waals surface area contributed by atoms with Crippen LogP contribution in [0, 0.1) is 0 Å². The predicted octanol–water partition coefficient (Wildman–Crippen LogP) is 2.08. The zero-order valence-corrected chi connectivity index (χ0v) is 11.6. The number of hydrogen-bond acceptors (Lipinski definition) is 5. The van der Waals surface area contributed by atoms with Gasteiger partial charge >= 0.3 is 0 Å². The van der Waals surface area contributed by atoms with Gasteiger partial charge in [-0.2, -0.15) is 0 Å². The van der Waals surface area contributed by atoms with E-state index in [-0.39, 0.29) is 0 Å². The molecule has 1 fully saturated rings. The summed E-state index contributed by atoms with van der Waals surface area (Å²) in [6.45, 7) is 4.26. The summed E-state index contributed by atoms with van der Waals surface area (Å²) in [5.74, 6) is 1.19. The molecule has 0 aliphatic carbocycles. The lowest BCUT2D eigenvalue weighted by molar-refractivity contribution is -0.00906. The van der Waals surface area contributed by atoms with Crippen LogP contribution in [-0.2, 0) is 6.54 Å². The third-order valence-corrected chi connectivity index (χ3v) is 3.78. The van der Waals surface area contributed by atoms with Gasteiger partial charge in [-0.3, -0.25) is 4.90 Å². The van der Waals surface area contributed by atoms with Crippen LogP contribution in [0.3, 0.4) is 0 Å². The number of likely N-dealkylation sites (tertiary alicyclic amines) is 1.